The van der Waals surface area contributed by atoms with E-state index in [4.69, 9.17) is 13.0 Å². The molecule has 0 aromatic heterocycles. The van der Waals surface area contributed by atoms with Crippen molar-refractivity contribution in [3.05, 3.63) is 0 Å². The molecule has 82 valence electrons. The van der Waals surface area contributed by atoms with Crippen molar-refractivity contribution in [2.24, 2.45) is 0 Å². The lowest BCUT2D eigenvalue weighted by Crippen LogP contribution is -2.40. The van der Waals surface area contributed by atoms with Gasteiger partial charge in [-0.1, -0.05) is 0 Å². The maximum absolute atomic E-state index is 5.76. The van der Waals surface area contributed by atoms with Gasteiger partial charge in [0.2, 0.25) is 19.5 Å². The first-order valence-electron chi connectivity index (χ1n) is 4.87. The molecule has 0 saturated carbocycles. The largest absolute Gasteiger partial charge is 0.436 e. The summed E-state index contributed by atoms with van der Waals surface area (Å²) in [5, 5.41) is 0. The molecule has 6 heteroatoms. The van der Waals surface area contributed by atoms with Gasteiger partial charge >= 0.3 is 8.56 Å². The molecule has 0 rings (SSSR count). The number of rotatable bonds is 9. The van der Waals surface area contributed by atoms with Crippen LogP contribution in [-0.2, 0) is 13.0 Å². The number of hydrogen-bond donors (Lipinski definition) is 0. The first-order valence-corrected chi connectivity index (χ1v) is 10.2. The van der Waals surface area contributed by atoms with Crippen LogP contribution in [0.2, 0.25) is 25.7 Å². The van der Waals surface area contributed by atoms with E-state index in [1.807, 2.05) is 0 Å². The van der Waals surface area contributed by atoms with Gasteiger partial charge in [0.05, 0.1) is 0 Å². The van der Waals surface area contributed by atoms with Crippen molar-refractivity contribution in [3.8, 4) is 0 Å². The molecule has 0 bridgehead atoms. The molecule has 3 nitrogen and oxygen atoms in total. The second-order valence-corrected chi connectivity index (χ2v) is 8.41. The van der Waals surface area contributed by atoms with E-state index in [0.717, 1.165) is 25.5 Å². The van der Waals surface area contributed by atoms with Crippen LogP contribution in [-0.4, -0.2) is 41.8 Å². The maximum atomic E-state index is 5.76. The predicted molar refractivity (Wildman–Crippen MR) is 62.9 cm³/mol. The zero-order chi connectivity index (χ0) is 10.9. The summed E-state index contributed by atoms with van der Waals surface area (Å²) in [7, 11) is 0.992. The summed E-state index contributed by atoms with van der Waals surface area (Å²) in [5.41, 5.74) is 0. The van der Waals surface area contributed by atoms with Crippen LogP contribution in [0.25, 0.3) is 0 Å². The Bertz CT molecular complexity index is 129. The molecular formula is C8H20O3Si3. The summed E-state index contributed by atoms with van der Waals surface area (Å²) >= 11 is 0. The summed E-state index contributed by atoms with van der Waals surface area (Å²) < 4.78 is 16.5. The van der Waals surface area contributed by atoms with Crippen LogP contribution in [0.15, 0.2) is 0 Å². The second kappa shape index (κ2) is 8.81. The monoisotopic (exact) mass is 248 g/mol. The third-order valence-electron chi connectivity index (χ3n) is 1.87. The lowest BCUT2D eigenvalue weighted by molar-refractivity contribution is 0.193. The minimum Gasteiger partial charge on any atom is -0.436 e. The molecule has 0 unspecified atom stereocenters. The lowest BCUT2D eigenvalue weighted by Gasteiger charge is -2.26. The standard InChI is InChI=1S/C8H20O3Si3/c1-9-7-5-6-8-14(4,10-12-2)11-13-3/h5-8H2,1-4H3. The number of methoxy groups -OCH3 is 1. The molecule has 0 atom stereocenters. The Morgan fingerprint density at radius 2 is 1.64 bits per heavy atom. The molecule has 14 heavy (non-hydrogen) atoms. The highest BCUT2D eigenvalue weighted by Gasteiger charge is 2.28. The van der Waals surface area contributed by atoms with Crippen molar-refractivity contribution in [3.63, 3.8) is 0 Å². The molecule has 0 saturated heterocycles. The Morgan fingerprint density at radius 3 is 2.07 bits per heavy atom. The van der Waals surface area contributed by atoms with Crippen molar-refractivity contribution in [1.29, 1.82) is 0 Å². The van der Waals surface area contributed by atoms with Crippen molar-refractivity contribution in [2.75, 3.05) is 13.7 Å². The zero-order valence-corrected chi connectivity index (χ0v) is 12.6. The molecular weight excluding hydrogens is 228 g/mol. The molecule has 0 heterocycles. The highest BCUT2D eigenvalue weighted by molar-refractivity contribution is 6.74. The van der Waals surface area contributed by atoms with Gasteiger partial charge in [0.25, 0.3) is 0 Å². The van der Waals surface area contributed by atoms with Crippen molar-refractivity contribution in [1.82, 2.24) is 0 Å². The molecule has 0 aromatic carbocycles. The molecule has 0 amide bonds. The Balaban J connectivity index is 3.71. The van der Waals surface area contributed by atoms with Gasteiger partial charge in [0.1, 0.15) is 0 Å². The van der Waals surface area contributed by atoms with Crippen molar-refractivity contribution in [2.45, 2.75) is 38.5 Å². The first-order chi connectivity index (χ1) is 6.68. The second-order valence-electron chi connectivity index (χ2n) is 3.20. The third kappa shape index (κ3) is 6.91. The molecule has 0 N–H and O–H groups in total. The Hall–Kier alpha value is 0.531. The average molecular weight is 249 g/mol. The quantitative estimate of drug-likeness (QED) is 0.460. The van der Waals surface area contributed by atoms with Gasteiger partial charge in [0.15, 0.2) is 0 Å². The normalized spacial score (nSPS) is 12.0. The van der Waals surface area contributed by atoms with Crippen LogP contribution in [0.3, 0.4) is 0 Å². The van der Waals surface area contributed by atoms with Gasteiger partial charge in [-0.25, -0.2) is 0 Å². The molecule has 0 aromatic rings. The highest BCUT2D eigenvalue weighted by atomic mass is 28.4. The number of hydrogen-bond acceptors (Lipinski definition) is 3. The fraction of sp³-hybridized carbons (Fsp3) is 1.00. The van der Waals surface area contributed by atoms with Crippen molar-refractivity contribution >= 4 is 28.1 Å². The summed E-state index contributed by atoms with van der Waals surface area (Å²) in [5.74, 6) is 0. The molecule has 4 radical (unpaired) electrons. The molecule has 0 aliphatic carbocycles. The van der Waals surface area contributed by atoms with Gasteiger partial charge in [-0.3, -0.25) is 0 Å². The van der Waals surface area contributed by atoms with Crippen LogP contribution in [0, 0.1) is 0 Å². The average Bonchev–Trinajstić information content (AvgIpc) is 2.13. The van der Waals surface area contributed by atoms with Crippen LogP contribution < -0.4 is 0 Å². The molecule has 0 fully saturated rings. The van der Waals surface area contributed by atoms with Gasteiger partial charge < -0.3 is 13.0 Å². The van der Waals surface area contributed by atoms with Gasteiger partial charge in [0, 0.05) is 13.7 Å². The van der Waals surface area contributed by atoms with E-state index in [2.05, 4.69) is 19.6 Å². The SMILES string of the molecule is COCCCC[Si](C)(O[Si]C)O[Si]C. The lowest BCUT2D eigenvalue weighted by atomic mass is 10.4. The van der Waals surface area contributed by atoms with E-state index in [-0.39, 0.29) is 0 Å². The van der Waals surface area contributed by atoms with E-state index < -0.39 is 8.56 Å². The summed E-state index contributed by atoms with van der Waals surface area (Å²) in [4.78, 5) is 0. The third-order valence-corrected chi connectivity index (χ3v) is 8.21. The number of ether oxygens (including phenoxy) is 1. The topological polar surface area (TPSA) is 27.7 Å². The fourth-order valence-corrected chi connectivity index (χ4v) is 6.95. The van der Waals surface area contributed by atoms with Crippen LogP contribution >= 0.6 is 0 Å². The summed E-state index contributed by atoms with van der Waals surface area (Å²) in [6, 6.07) is 1.08. The minimum atomic E-state index is -1.83. The summed E-state index contributed by atoms with van der Waals surface area (Å²) in [6.45, 7) is 7.12. The van der Waals surface area contributed by atoms with E-state index in [9.17, 15) is 0 Å². The maximum Gasteiger partial charge on any atom is 0.314 e. The van der Waals surface area contributed by atoms with E-state index in [1.54, 1.807) is 7.11 Å². The van der Waals surface area contributed by atoms with E-state index >= 15 is 0 Å². The van der Waals surface area contributed by atoms with Crippen LogP contribution in [0.4, 0.5) is 0 Å². The molecule has 0 aliphatic heterocycles. The van der Waals surface area contributed by atoms with Gasteiger partial charge in [-0.15, -0.1) is 0 Å². The minimum absolute atomic E-state index is 0.541. The van der Waals surface area contributed by atoms with Crippen molar-refractivity contribution < 1.29 is 13.0 Å². The predicted octanol–water partition coefficient (Wildman–Crippen LogP) is 1.85. The highest BCUT2D eigenvalue weighted by Crippen LogP contribution is 2.16. The Labute approximate surface area is 93.7 Å². The first kappa shape index (κ1) is 14.5. The van der Waals surface area contributed by atoms with Crippen LogP contribution in [0.5, 0.6) is 0 Å². The van der Waals surface area contributed by atoms with E-state index in [0.29, 0.717) is 19.5 Å². The Kier molecular flexibility index (Phi) is 9.14. The smallest absolute Gasteiger partial charge is 0.314 e. The van der Waals surface area contributed by atoms with Gasteiger partial charge in [-0.2, -0.15) is 0 Å². The number of unbranched alkanes of at least 4 members (excludes halogenated alkanes) is 1. The van der Waals surface area contributed by atoms with E-state index in [1.165, 1.54) is 0 Å². The fourth-order valence-electron chi connectivity index (χ4n) is 1.25. The molecule has 0 aliphatic rings. The zero-order valence-electron chi connectivity index (χ0n) is 9.55. The Morgan fingerprint density at radius 1 is 1.07 bits per heavy atom. The summed E-state index contributed by atoms with van der Waals surface area (Å²) in [6.07, 6.45) is 2.25. The van der Waals surface area contributed by atoms with Crippen LogP contribution in [0.1, 0.15) is 12.8 Å². The van der Waals surface area contributed by atoms with Gasteiger partial charge in [-0.05, 0) is 38.5 Å². The molecule has 0 spiro atoms.